The van der Waals surface area contributed by atoms with Gasteiger partial charge in [0.05, 0.1) is 0 Å². The summed E-state index contributed by atoms with van der Waals surface area (Å²) in [5.41, 5.74) is 5.88. The molecule has 0 heterocycles. The first-order valence-corrected chi connectivity index (χ1v) is 6.83. The number of nitrogen functional groups attached to an aromatic ring is 1. The van der Waals surface area contributed by atoms with Crippen molar-refractivity contribution in [2.24, 2.45) is 0 Å². The van der Waals surface area contributed by atoms with Crippen molar-refractivity contribution in [3.05, 3.63) is 64.9 Å². The largest absolute Gasteiger partial charge is 0.454 e. The molecular formula is C16H11BrFNO. The van der Waals surface area contributed by atoms with E-state index in [1.165, 1.54) is 12.1 Å². The van der Waals surface area contributed by atoms with Gasteiger partial charge in [-0.1, -0.05) is 28.1 Å². The highest BCUT2D eigenvalue weighted by Gasteiger charge is 2.06. The molecule has 0 fully saturated rings. The number of rotatable bonds is 2. The zero-order chi connectivity index (χ0) is 14.1. The van der Waals surface area contributed by atoms with Crippen LogP contribution in [0.3, 0.4) is 0 Å². The predicted octanol–water partition coefficient (Wildman–Crippen LogP) is 5.12. The minimum atomic E-state index is -0.471. The molecule has 3 rings (SSSR count). The molecule has 0 atom stereocenters. The Morgan fingerprint density at radius 1 is 0.900 bits per heavy atom. The summed E-state index contributed by atoms with van der Waals surface area (Å²) < 4.78 is 20.3. The summed E-state index contributed by atoms with van der Waals surface area (Å²) in [6.45, 7) is 0. The Morgan fingerprint density at radius 2 is 1.65 bits per heavy atom. The lowest BCUT2D eigenvalue weighted by molar-refractivity contribution is 0.443. The lowest BCUT2D eigenvalue weighted by Gasteiger charge is -2.08. The first-order valence-electron chi connectivity index (χ1n) is 6.04. The van der Waals surface area contributed by atoms with E-state index in [0.717, 1.165) is 15.2 Å². The van der Waals surface area contributed by atoms with E-state index in [1.807, 2.05) is 36.4 Å². The first-order chi connectivity index (χ1) is 9.61. The summed E-state index contributed by atoms with van der Waals surface area (Å²) in [4.78, 5) is 0. The summed E-state index contributed by atoms with van der Waals surface area (Å²) in [5, 5.41) is 2.12. The Balaban J connectivity index is 1.96. The Kier molecular flexibility index (Phi) is 3.32. The average Bonchev–Trinajstić information content (AvgIpc) is 2.42. The Morgan fingerprint density at radius 3 is 2.45 bits per heavy atom. The van der Waals surface area contributed by atoms with Gasteiger partial charge in [0.1, 0.15) is 5.75 Å². The highest BCUT2D eigenvalue weighted by Crippen LogP contribution is 2.29. The first kappa shape index (κ1) is 12.9. The van der Waals surface area contributed by atoms with Crippen LogP contribution in [0.25, 0.3) is 10.8 Å². The smallest absolute Gasteiger partial charge is 0.167 e. The molecule has 100 valence electrons. The van der Waals surface area contributed by atoms with Crippen LogP contribution < -0.4 is 10.5 Å². The van der Waals surface area contributed by atoms with E-state index in [9.17, 15) is 4.39 Å². The third-order valence-corrected chi connectivity index (χ3v) is 3.45. The van der Waals surface area contributed by atoms with Gasteiger partial charge in [0, 0.05) is 16.2 Å². The highest BCUT2D eigenvalue weighted by atomic mass is 79.9. The maximum atomic E-state index is 13.7. The Hall–Kier alpha value is -2.07. The third kappa shape index (κ3) is 2.60. The molecule has 0 amide bonds. The van der Waals surface area contributed by atoms with Crippen LogP contribution in [0.1, 0.15) is 0 Å². The van der Waals surface area contributed by atoms with Crippen LogP contribution in [0.15, 0.2) is 59.1 Å². The maximum absolute atomic E-state index is 13.7. The van der Waals surface area contributed by atoms with Gasteiger partial charge in [-0.2, -0.15) is 0 Å². The topological polar surface area (TPSA) is 35.2 Å². The van der Waals surface area contributed by atoms with E-state index in [0.29, 0.717) is 11.4 Å². The highest BCUT2D eigenvalue weighted by molar-refractivity contribution is 9.10. The standard InChI is InChI=1S/C16H11BrFNO/c17-12-3-1-11-8-14(5-2-10(11)7-12)20-16-6-4-13(19)9-15(16)18/h1-9H,19H2. The second kappa shape index (κ2) is 5.13. The number of nitrogens with two attached hydrogens (primary N) is 1. The number of halogens is 2. The van der Waals surface area contributed by atoms with Crippen LogP contribution in [0.2, 0.25) is 0 Å². The SMILES string of the molecule is Nc1ccc(Oc2ccc3cc(Br)ccc3c2)c(F)c1. The summed E-state index contributed by atoms with van der Waals surface area (Å²) in [5.74, 6) is 0.278. The molecule has 0 aliphatic rings. The van der Waals surface area contributed by atoms with Crippen molar-refractivity contribution >= 4 is 32.4 Å². The van der Waals surface area contributed by atoms with Crippen molar-refractivity contribution in [3.63, 3.8) is 0 Å². The molecule has 0 aromatic heterocycles. The van der Waals surface area contributed by atoms with Crippen molar-refractivity contribution < 1.29 is 9.13 Å². The van der Waals surface area contributed by atoms with Gasteiger partial charge in [0.2, 0.25) is 0 Å². The lowest BCUT2D eigenvalue weighted by atomic mass is 10.1. The molecule has 0 saturated carbocycles. The molecular weight excluding hydrogens is 321 g/mol. The van der Waals surface area contributed by atoms with E-state index in [4.69, 9.17) is 10.5 Å². The molecule has 20 heavy (non-hydrogen) atoms. The van der Waals surface area contributed by atoms with Crippen molar-refractivity contribution in [2.75, 3.05) is 5.73 Å². The zero-order valence-electron chi connectivity index (χ0n) is 10.4. The second-order valence-electron chi connectivity index (χ2n) is 4.45. The van der Waals surface area contributed by atoms with Crippen molar-refractivity contribution in [2.45, 2.75) is 0 Å². The molecule has 0 spiro atoms. The summed E-state index contributed by atoms with van der Waals surface area (Å²) in [7, 11) is 0. The zero-order valence-corrected chi connectivity index (χ0v) is 12.0. The molecule has 0 saturated heterocycles. The quantitative estimate of drug-likeness (QED) is 0.662. The molecule has 4 heteroatoms. The monoisotopic (exact) mass is 331 g/mol. The van der Waals surface area contributed by atoms with Crippen LogP contribution in [-0.4, -0.2) is 0 Å². The van der Waals surface area contributed by atoms with Gasteiger partial charge in [0.15, 0.2) is 11.6 Å². The van der Waals surface area contributed by atoms with Crippen molar-refractivity contribution in [1.29, 1.82) is 0 Å². The van der Waals surface area contributed by atoms with Crippen molar-refractivity contribution in [1.82, 2.24) is 0 Å². The van der Waals surface area contributed by atoms with Gasteiger partial charge in [-0.05, 0) is 47.2 Å². The van der Waals surface area contributed by atoms with Gasteiger partial charge in [-0.25, -0.2) is 4.39 Å². The van der Waals surface area contributed by atoms with Crippen LogP contribution in [-0.2, 0) is 0 Å². The average molecular weight is 332 g/mol. The van der Waals surface area contributed by atoms with Crippen molar-refractivity contribution in [3.8, 4) is 11.5 Å². The molecule has 2 N–H and O–H groups in total. The lowest BCUT2D eigenvalue weighted by Crippen LogP contribution is -1.91. The molecule has 0 bridgehead atoms. The van der Waals surface area contributed by atoms with Gasteiger partial charge in [-0.3, -0.25) is 0 Å². The van der Waals surface area contributed by atoms with Crippen LogP contribution >= 0.6 is 15.9 Å². The summed E-state index contributed by atoms with van der Waals surface area (Å²) >= 11 is 3.43. The summed E-state index contributed by atoms with van der Waals surface area (Å²) in [6, 6.07) is 15.9. The number of ether oxygens (including phenoxy) is 1. The number of anilines is 1. The van der Waals surface area contributed by atoms with Gasteiger partial charge in [-0.15, -0.1) is 0 Å². The van der Waals surface area contributed by atoms with Crippen LogP contribution in [0.4, 0.5) is 10.1 Å². The van der Waals surface area contributed by atoms with Gasteiger partial charge < -0.3 is 10.5 Å². The van der Waals surface area contributed by atoms with E-state index in [2.05, 4.69) is 15.9 Å². The van der Waals surface area contributed by atoms with Crippen LogP contribution in [0, 0.1) is 5.82 Å². The molecule has 0 aliphatic heterocycles. The molecule has 0 radical (unpaired) electrons. The Bertz CT molecular complexity index is 789. The number of benzene rings is 3. The van der Waals surface area contributed by atoms with Crippen LogP contribution in [0.5, 0.6) is 11.5 Å². The fourth-order valence-corrected chi connectivity index (χ4v) is 2.36. The van der Waals surface area contributed by atoms with E-state index >= 15 is 0 Å². The second-order valence-corrected chi connectivity index (χ2v) is 5.36. The minimum absolute atomic E-state index is 0.163. The van der Waals surface area contributed by atoms with E-state index < -0.39 is 5.82 Å². The minimum Gasteiger partial charge on any atom is -0.454 e. The van der Waals surface area contributed by atoms with E-state index in [1.54, 1.807) is 6.07 Å². The van der Waals surface area contributed by atoms with Gasteiger partial charge >= 0.3 is 0 Å². The molecule has 2 nitrogen and oxygen atoms in total. The van der Waals surface area contributed by atoms with Gasteiger partial charge in [0.25, 0.3) is 0 Å². The number of hydrogen-bond acceptors (Lipinski definition) is 2. The molecule has 0 aliphatic carbocycles. The van der Waals surface area contributed by atoms with E-state index in [-0.39, 0.29) is 5.75 Å². The maximum Gasteiger partial charge on any atom is 0.167 e. The third-order valence-electron chi connectivity index (χ3n) is 2.96. The summed E-state index contributed by atoms with van der Waals surface area (Å²) in [6.07, 6.45) is 0. The fourth-order valence-electron chi connectivity index (χ4n) is 1.98. The predicted molar refractivity (Wildman–Crippen MR) is 82.5 cm³/mol. The molecule has 3 aromatic rings. The Labute approximate surface area is 124 Å². The normalized spacial score (nSPS) is 10.7. The molecule has 3 aromatic carbocycles. The number of hydrogen-bond donors (Lipinski definition) is 1. The fraction of sp³-hybridized carbons (Fsp3) is 0. The number of fused-ring (bicyclic) bond motifs is 1. The molecule has 0 unspecified atom stereocenters.